The minimum absolute atomic E-state index is 0.0681. The number of carbonyl (C=O) groups excluding carboxylic acids is 3. The first-order valence-electron chi connectivity index (χ1n) is 31.8. The summed E-state index contributed by atoms with van der Waals surface area (Å²) < 4.78 is 16.9. The van der Waals surface area contributed by atoms with Gasteiger partial charge in [-0.15, -0.1) is 0 Å². The number of hydrogen-bond acceptors (Lipinski definition) is 6. The highest BCUT2D eigenvalue weighted by atomic mass is 16.6. The van der Waals surface area contributed by atoms with Crippen LogP contribution in [0, 0.1) is 0 Å². The highest BCUT2D eigenvalue weighted by molar-refractivity contribution is 5.71. The van der Waals surface area contributed by atoms with Crippen molar-refractivity contribution in [3.05, 3.63) is 60.8 Å². The normalized spacial score (nSPS) is 12.4. The smallest absolute Gasteiger partial charge is 0.306 e. The SMILES string of the molecule is CC/C=C\C/C=C\C/C=C\C/C=C\C/C=C\CCCCCCCCCCCCCCCC(=O)OCC(COC(=O)CCCCCCCCCCCCCCC)OC(=O)CCCCCCCCCCCCCCC. The minimum Gasteiger partial charge on any atom is -0.462 e. The molecular weight excluding hydrogens is 901 g/mol. The number of hydrogen-bond donors (Lipinski definition) is 0. The van der Waals surface area contributed by atoms with Gasteiger partial charge in [-0.3, -0.25) is 14.4 Å². The maximum absolute atomic E-state index is 12.9. The summed E-state index contributed by atoms with van der Waals surface area (Å²) in [6.07, 6.45) is 78.0. The molecule has 424 valence electrons. The predicted octanol–water partition coefficient (Wildman–Crippen LogP) is 21.6. The second kappa shape index (κ2) is 61.7. The Labute approximate surface area is 453 Å². The van der Waals surface area contributed by atoms with Crippen LogP contribution in [0.25, 0.3) is 0 Å². The molecule has 0 radical (unpaired) electrons. The summed E-state index contributed by atoms with van der Waals surface area (Å²) in [5.41, 5.74) is 0. The number of carbonyl (C=O) groups is 3. The van der Waals surface area contributed by atoms with Gasteiger partial charge in [0.2, 0.25) is 0 Å². The van der Waals surface area contributed by atoms with Crippen LogP contribution in [-0.4, -0.2) is 37.2 Å². The highest BCUT2D eigenvalue weighted by Crippen LogP contribution is 2.17. The Morgan fingerprint density at radius 1 is 0.288 bits per heavy atom. The summed E-state index contributed by atoms with van der Waals surface area (Å²) in [6.45, 7) is 6.57. The lowest BCUT2D eigenvalue weighted by Crippen LogP contribution is -2.30. The molecule has 0 aliphatic rings. The zero-order valence-corrected chi connectivity index (χ0v) is 48.7. The first-order chi connectivity index (χ1) is 36.0. The van der Waals surface area contributed by atoms with E-state index < -0.39 is 6.10 Å². The quantitative estimate of drug-likeness (QED) is 0.0261. The van der Waals surface area contributed by atoms with E-state index >= 15 is 0 Å². The van der Waals surface area contributed by atoms with Gasteiger partial charge in [-0.05, 0) is 64.2 Å². The summed E-state index contributed by atoms with van der Waals surface area (Å²) in [7, 11) is 0. The molecule has 0 amide bonds. The van der Waals surface area contributed by atoms with Gasteiger partial charge in [-0.2, -0.15) is 0 Å². The van der Waals surface area contributed by atoms with Gasteiger partial charge in [-0.25, -0.2) is 0 Å². The van der Waals surface area contributed by atoms with Crippen LogP contribution in [0.1, 0.15) is 329 Å². The zero-order valence-electron chi connectivity index (χ0n) is 48.7. The summed E-state index contributed by atoms with van der Waals surface area (Å²) in [5, 5.41) is 0. The van der Waals surface area contributed by atoms with Gasteiger partial charge in [0, 0.05) is 19.3 Å². The van der Waals surface area contributed by atoms with Crippen LogP contribution in [-0.2, 0) is 28.6 Å². The Morgan fingerprint density at radius 2 is 0.534 bits per heavy atom. The Kier molecular flexibility index (Phi) is 59.2. The topological polar surface area (TPSA) is 78.9 Å². The molecule has 6 nitrogen and oxygen atoms in total. The lowest BCUT2D eigenvalue weighted by molar-refractivity contribution is -0.167. The Balaban J connectivity index is 4.17. The molecular formula is C67H120O6. The van der Waals surface area contributed by atoms with Crippen LogP contribution in [0.15, 0.2) is 60.8 Å². The molecule has 0 fully saturated rings. The lowest BCUT2D eigenvalue weighted by atomic mass is 10.0. The van der Waals surface area contributed by atoms with E-state index in [0.717, 1.165) is 89.9 Å². The van der Waals surface area contributed by atoms with Crippen LogP contribution >= 0.6 is 0 Å². The average molecular weight is 1020 g/mol. The van der Waals surface area contributed by atoms with Gasteiger partial charge >= 0.3 is 17.9 Å². The first-order valence-corrected chi connectivity index (χ1v) is 31.8. The number of ether oxygens (including phenoxy) is 3. The Morgan fingerprint density at radius 3 is 0.836 bits per heavy atom. The second-order valence-electron chi connectivity index (χ2n) is 21.3. The fourth-order valence-corrected chi connectivity index (χ4v) is 9.30. The first kappa shape index (κ1) is 70.1. The van der Waals surface area contributed by atoms with Crippen molar-refractivity contribution in [2.75, 3.05) is 13.2 Å². The summed E-state index contributed by atoms with van der Waals surface area (Å²) in [5.74, 6) is -0.850. The molecule has 0 N–H and O–H groups in total. The van der Waals surface area contributed by atoms with E-state index in [1.807, 2.05) is 0 Å². The Hall–Kier alpha value is -2.89. The number of rotatable bonds is 58. The average Bonchev–Trinajstić information content (AvgIpc) is 3.39. The number of unbranched alkanes of at least 4 members (excludes halogenated alkanes) is 37. The molecule has 0 heterocycles. The third-order valence-electron chi connectivity index (χ3n) is 14.0. The van der Waals surface area contributed by atoms with E-state index in [0.29, 0.717) is 19.3 Å². The standard InChI is InChI=1S/C67H120O6/c1-4-7-10-13-16-19-22-25-26-27-28-29-30-31-32-33-34-35-36-37-38-39-40-43-45-48-51-54-57-60-66(69)72-63-64(73-67(70)61-58-55-52-49-46-42-24-21-18-15-12-9-6-3)62-71-65(68)59-56-53-50-47-44-41-23-20-17-14-11-8-5-2/h7,10,16,19,25-26,28-29,31-32,64H,4-6,8-9,11-15,17-18,20-24,27,30,33-63H2,1-3H3/b10-7-,19-16-,26-25-,29-28-,32-31-. The summed E-state index contributed by atoms with van der Waals surface area (Å²) in [4.78, 5) is 38.2. The van der Waals surface area contributed by atoms with Crippen molar-refractivity contribution < 1.29 is 28.6 Å². The number of allylic oxidation sites excluding steroid dienone is 10. The van der Waals surface area contributed by atoms with Crippen molar-refractivity contribution in [3.63, 3.8) is 0 Å². The number of esters is 3. The van der Waals surface area contributed by atoms with Crippen LogP contribution in [0.5, 0.6) is 0 Å². The van der Waals surface area contributed by atoms with Crippen LogP contribution < -0.4 is 0 Å². The van der Waals surface area contributed by atoms with E-state index in [1.165, 1.54) is 199 Å². The van der Waals surface area contributed by atoms with Crippen LogP contribution in [0.3, 0.4) is 0 Å². The molecule has 0 aromatic rings. The molecule has 0 spiro atoms. The molecule has 0 saturated carbocycles. The van der Waals surface area contributed by atoms with Crippen molar-refractivity contribution in [2.45, 2.75) is 335 Å². The molecule has 73 heavy (non-hydrogen) atoms. The van der Waals surface area contributed by atoms with Gasteiger partial charge in [-0.1, -0.05) is 306 Å². The molecule has 6 heteroatoms. The fourth-order valence-electron chi connectivity index (χ4n) is 9.30. The van der Waals surface area contributed by atoms with Crippen LogP contribution in [0.4, 0.5) is 0 Å². The molecule has 0 bridgehead atoms. The molecule has 0 rings (SSSR count). The van der Waals surface area contributed by atoms with Crippen molar-refractivity contribution >= 4 is 17.9 Å². The van der Waals surface area contributed by atoms with Crippen molar-refractivity contribution in [2.24, 2.45) is 0 Å². The molecule has 0 aliphatic carbocycles. The van der Waals surface area contributed by atoms with Crippen molar-refractivity contribution in [1.29, 1.82) is 0 Å². The second-order valence-corrected chi connectivity index (χ2v) is 21.3. The van der Waals surface area contributed by atoms with Crippen LogP contribution in [0.2, 0.25) is 0 Å². The summed E-state index contributed by atoms with van der Waals surface area (Å²) >= 11 is 0. The van der Waals surface area contributed by atoms with Crippen molar-refractivity contribution in [3.8, 4) is 0 Å². The third kappa shape index (κ3) is 59.9. The largest absolute Gasteiger partial charge is 0.462 e. The van der Waals surface area contributed by atoms with E-state index in [4.69, 9.17) is 14.2 Å². The predicted molar refractivity (Wildman–Crippen MR) is 316 cm³/mol. The van der Waals surface area contributed by atoms with Gasteiger partial charge in [0.1, 0.15) is 13.2 Å². The van der Waals surface area contributed by atoms with Gasteiger partial charge in [0.05, 0.1) is 0 Å². The molecule has 1 atom stereocenters. The van der Waals surface area contributed by atoms with Gasteiger partial charge < -0.3 is 14.2 Å². The van der Waals surface area contributed by atoms with Gasteiger partial charge in [0.15, 0.2) is 6.10 Å². The van der Waals surface area contributed by atoms with Gasteiger partial charge in [0.25, 0.3) is 0 Å². The molecule has 0 aromatic carbocycles. The monoisotopic (exact) mass is 1020 g/mol. The maximum Gasteiger partial charge on any atom is 0.306 e. The lowest BCUT2D eigenvalue weighted by Gasteiger charge is -2.18. The molecule has 0 aliphatic heterocycles. The summed E-state index contributed by atoms with van der Waals surface area (Å²) in [6, 6.07) is 0. The van der Waals surface area contributed by atoms with E-state index in [-0.39, 0.29) is 31.1 Å². The van der Waals surface area contributed by atoms with Crippen molar-refractivity contribution in [1.82, 2.24) is 0 Å². The molecule has 0 saturated heterocycles. The van der Waals surface area contributed by atoms with E-state index in [9.17, 15) is 14.4 Å². The van der Waals surface area contributed by atoms with E-state index in [2.05, 4.69) is 81.5 Å². The minimum atomic E-state index is -0.769. The van der Waals surface area contributed by atoms with E-state index in [1.54, 1.807) is 0 Å². The maximum atomic E-state index is 12.9. The fraction of sp³-hybridized carbons (Fsp3) is 0.806. The Bertz CT molecular complexity index is 1310. The highest BCUT2D eigenvalue weighted by Gasteiger charge is 2.19. The third-order valence-corrected chi connectivity index (χ3v) is 14.0. The molecule has 1 unspecified atom stereocenters. The molecule has 0 aromatic heterocycles. The zero-order chi connectivity index (χ0) is 52.9.